The summed E-state index contributed by atoms with van der Waals surface area (Å²) in [5.74, 6) is 3.84. The van der Waals surface area contributed by atoms with Crippen molar-refractivity contribution in [1.82, 2.24) is 10.2 Å². The Morgan fingerprint density at radius 3 is 2.80 bits per heavy atom. The van der Waals surface area contributed by atoms with E-state index in [9.17, 15) is 4.79 Å². The van der Waals surface area contributed by atoms with Crippen molar-refractivity contribution in [3.63, 3.8) is 0 Å². The zero-order chi connectivity index (χ0) is 13.9. The monoisotopic (exact) mass is 308 g/mol. The predicted molar refractivity (Wildman–Crippen MR) is 87.1 cm³/mol. The minimum atomic E-state index is -0.174. The fourth-order valence-corrected chi connectivity index (χ4v) is 5.42. The summed E-state index contributed by atoms with van der Waals surface area (Å²) in [6, 6.07) is 9.84. The first-order chi connectivity index (χ1) is 9.75. The topological polar surface area (TPSA) is 32.3 Å². The van der Waals surface area contributed by atoms with Gasteiger partial charge in [0.2, 0.25) is 5.91 Å². The second-order valence-corrected chi connectivity index (χ2v) is 7.80. The number of nitrogens with one attached hydrogen (secondary N) is 1. The molecule has 2 aliphatic heterocycles. The molecule has 2 aliphatic rings. The highest BCUT2D eigenvalue weighted by atomic mass is 32.2. The number of hydrogen-bond acceptors (Lipinski definition) is 4. The number of thioether (sulfide) groups is 2. The third-order valence-corrected chi connectivity index (χ3v) is 6.65. The van der Waals surface area contributed by atoms with Gasteiger partial charge in [-0.2, -0.15) is 23.5 Å². The fraction of sp³-hybridized carbons (Fsp3) is 0.533. The lowest BCUT2D eigenvalue weighted by atomic mass is 10.1. The summed E-state index contributed by atoms with van der Waals surface area (Å²) in [7, 11) is 0. The Balaban J connectivity index is 1.68. The van der Waals surface area contributed by atoms with Crippen molar-refractivity contribution < 1.29 is 4.79 Å². The molecule has 1 N–H and O–H groups in total. The molecule has 0 saturated carbocycles. The zero-order valence-electron chi connectivity index (χ0n) is 11.6. The van der Waals surface area contributed by atoms with Crippen molar-refractivity contribution in [2.45, 2.75) is 24.4 Å². The lowest BCUT2D eigenvalue weighted by Crippen LogP contribution is -2.40. The summed E-state index contributed by atoms with van der Waals surface area (Å²) < 4.78 is 0. The van der Waals surface area contributed by atoms with Crippen LogP contribution in [0.2, 0.25) is 0 Å². The Bertz CT molecular complexity index is 462. The number of benzene rings is 1. The van der Waals surface area contributed by atoms with E-state index < -0.39 is 0 Å². The zero-order valence-corrected chi connectivity index (χ0v) is 13.3. The minimum Gasteiger partial charge on any atom is -0.325 e. The van der Waals surface area contributed by atoms with Crippen LogP contribution in [-0.2, 0) is 4.79 Å². The van der Waals surface area contributed by atoms with Crippen LogP contribution in [0.4, 0.5) is 0 Å². The molecule has 0 aliphatic carbocycles. The van der Waals surface area contributed by atoms with Crippen LogP contribution in [0.5, 0.6) is 0 Å². The van der Waals surface area contributed by atoms with E-state index in [1.54, 1.807) is 0 Å². The fourth-order valence-electron chi connectivity index (χ4n) is 2.75. The highest BCUT2D eigenvalue weighted by molar-refractivity contribution is 8.06. The Kier molecular flexibility index (Phi) is 4.58. The molecule has 1 amide bonds. The molecule has 1 aromatic carbocycles. The lowest BCUT2D eigenvalue weighted by molar-refractivity contribution is -0.129. The molecule has 2 saturated heterocycles. The number of hydrogen-bond donors (Lipinski definition) is 1. The number of nitrogens with zero attached hydrogens (tertiary/aromatic N) is 1. The molecule has 20 heavy (non-hydrogen) atoms. The van der Waals surface area contributed by atoms with Gasteiger partial charge < -0.3 is 4.90 Å². The van der Waals surface area contributed by atoms with Crippen molar-refractivity contribution in [3.05, 3.63) is 35.9 Å². The SMILES string of the molecule is CC1NC(c2ccccc2)C(=O)N1CC1CSCCS1. The average molecular weight is 308 g/mol. The molecular formula is C15H20N2OS2. The van der Waals surface area contributed by atoms with Crippen LogP contribution in [0.25, 0.3) is 0 Å². The van der Waals surface area contributed by atoms with Crippen LogP contribution in [-0.4, -0.2) is 46.0 Å². The maximum atomic E-state index is 12.6. The third kappa shape index (κ3) is 3.00. The predicted octanol–water partition coefficient (Wildman–Crippen LogP) is 2.35. The van der Waals surface area contributed by atoms with Crippen molar-refractivity contribution in [2.75, 3.05) is 23.8 Å². The molecule has 3 nitrogen and oxygen atoms in total. The largest absolute Gasteiger partial charge is 0.325 e. The molecule has 2 fully saturated rings. The summed E-state index contributed by atoms with van der Waals surface area (Å²) >= 11 is 4.02. The van der Waals surface area contributed by atoms with E-state index in [0.29, 0.717) is 5.25 Å². The Labute approximate surface area is 128 Å². The standard InChI is InChI=1S/C15H20N2OS2/c1-11-16-14(12-5-3-2-4-6-12)15(18)17(11)9-13-10-19-7-8-20-13/h2-6,11,13-14,16H,7-10H2,1H3. The van der Waals surface area contributed by atoms with Gasteiger partial charge in [0.25, 0.3) is 0 Å². The van der Waals surface area contributed by atoms with E-state index >= 15 is 0 Å². The molecule has 0 spiro atoms. The van der Waals surface area contributed by atoms with Gasteiger partial charge in [0.1, 0.15) is 6.04 Å². The van der Waals surface area contributed by atoms with Gasteiger partial charge in [0, 0.05) is 29.1 Å². The highest BCUT2D eigenvalue weighted by Gasteiger charge is 2.38. The van der Waals surface area contributed by atoms with Gasteiger partial charge >= 0.3 is 0 Å². The molecule has 5 heteroatoms. The van der Waals surface area contributed by atoms with Crippen LogP contribution in [0.3, 0.4) is 0 Å². The van der Waals surface area contributed by atoms with E-state index in [1.807, 2.05) is 58.8 Å². The smallest absolute Gasteiger partial charge is 0.245 e. The van der Waals surface area contributed by atoms with Gasteiger partial charge in [0.15, 0.2) is 0 Å². The van der Waals surface area contributed by atoms with Gasteiger partial charge in [-0.25, -0.2) is 0 Å². The second-order valence-electron chi connectivity index (χ2n) is 5.24. The molecule has 3 atom stereocenters. The summed E-state index contributed by atoms with van der Waals surface area (Å²) in [5.41, 5.74) is 1.07. The highest BCUT2D eigenvalue weighted by Crippen LogP contribution is 2.29. The van der Waals surface area contributed by atoms with Crippen LogP contribution in [0, 0.1) is 0 Å². The molecule has 1 aromatic rings. The van der Waals surface area contributed by atoms with Gasteiger partial charge in [-0.3, -0.25) is 10.1 Å². The van der Waals surface area contributed by atoms with E-state index in [0.717, 1.165) is 17.9 Å². The van der Waals surface area contributed by atoms with Gasteiger partial charge in [-0.1, -0.05) is 30.3 Å². The van der Waals surface area contributed by atoms with Crippen molar-refractivity contribution in [1.29, 1.82) is 0 Å². The van der Waals surface area contributed by atoms with Crippen LogP contribution < -0.4 is 5.32 Å². The first-order valence-corrected chi connectivity index (χ1v) is 9.27. The van der Waals surface area contributed by atoms with E-state index in [4.69, 9.17) is 0 Å². The molecule has 0 aromatic heterocycles. The number of carbonyl (C=O) groups is 1. The molecule has 2 heterocycles. The second kappa shape index (κ2) is 6.41. The Hall–Kier alpha value is -0.650. The Morgan fingerprint density at radius 1 is 1.30 bits per heavy atom. The van der Waals surface area contributed by atoms with E-state index in [-0.39, 0.29) is 18.1 Å². The molecular weight excluding hydrogens is 288 g/mol. The number of rotatable bonds is 3. The van der Waals surface area contributed by atoms with Gasteiger partial charge in [0.05, 0.1) is 6.17 Å². The first kappa shape index (κ1) is 14.3. The van der Waals surface area contributed by atoms with Crippen LogP contribution in [0.15, 0.2) is 30.3 Å². The maximum Gasteiger partial charge on any atom is 0.245 e. The minimum absolute atomic E-state index is 0.125. The van der Waals surface area contributed by atoms with Crippen molar-refractivity contribution in [3.8, 4) is 0 Å². The molecule has 108 valence electrons. The van der Waals surface area contributed by atoms with Gasteiger partial charge in [-0.05, 0) is 12.5 Å². The van der Waals surface area contributed by atoms with Crippen LogP contribution in [0.1, 0.15) is 18.5 Å². The summed E-state index contributed by atoms with van der Waals surface area (Å²) in [6.07, 6.45) is 0.125. The maximum absolute atomic E-state index is 12.6. The first-order valence-electron chi connectivity index (χ1n) is 7.06. The third-order valence-electron chi connectivity index (χ3n) is 3.82. The summed E-state index contributed by atoms with van der Waals surface area (Å²) in [5, 5.41) is 4.00. The summed E-state index contributed by atoms with van der Waals surface area (Å²) in [4.78, 5) is 14.7. The van der Waals surface area contributed by atoms with E-state index in [1.165, 1.54) is 11.5 Å². The molecule has 3 unspecified atom stereocenters. The molecule has 3 rings (SSSR count). The lowest BCUT2D eigenvalue weighted by Gasteiger charge is -2.28. The van der Waals surface area contributed by atoms with Crippen LogP contribution >= 0.6 is 23.5 Å². The quantitative estimate of drug-likeness (QED) is 0.929. The number of amides is 1. The average Bonchev–Trinajstić information content (AvgIpc) is 2.77. The normalized spacial score (nSPS) is 30.8. The van der Waals surface area contributed by atoms with E-state index in [2.05, 4.69) is 12.2 Å². The Morgan fingerprint density at radius 2 is 2.10 bits per heavy atom. The number of carbonyl (C=O) groups excluding carboxylic acids is 1. The molecule has 0 radical (unpaired) electrons. The molecule has 0 bridgehead atoms. The summed E-state index contributed by atoms with van der Waals surface area (Å²) in [6.45, 7) is 2.95. The van der Waals surface area contributed by atoms with Gasteiger partial charge in [-0.15, -0.1) is 0 Å². The van der Waals surface area contributed by atoms with Crippen molar-refractivity contribution >= 4 is 29.4 Å². The van der Waals surface area contributed by atoms with Crippen molar-refractivity contribution in [2.24, 2.45) is 0 Å².